The Bertz CT molecular complexity index is 438. The van der Waals surface area contributed by atoms with Crippen molar-refractivity contribution >= 4 is 6.08 Å². The minimum atomic E-state index is 0.339. The van der Waals surface area contributed by atoms with E-state index in [1.165, 1.54) is 56.1 Å². The summed E-state index contributed by atoms with van der Waals surface area (Å²) in [5.41, 5.74) is 2.70. The van der Waals surface area contributed by atoms with Gasteiger partial charge in [-0.1, -0.05) is 74.7 Å². The maximum absolute atomic E-state index is 5.75. The maximum Gasteiger partial charge on any atom is 0.0762 e. The van der Waals surface area contributed by atoms with Crippen molar-refractivity contribution in [1.29, 1.82) is 0 Å². The number of benzene rings is 1. The second-order valence-electron chi connectivity index (χ2n) is 5.85. The molecule has 1 aromatic rings. The van der Waals surface area contributed by atoms with Gasteiger partial charge in [0.15, 0.2) is 0 Å². The Kier molecular flexibility index (Phi) is 7.31. The van der Waals surface area contributed by atoms with Crippen LogP contribution in [0, 0.1) is 0 Å². The summed E-state index contributed by atoms with van der Waals surface area (Å²) in [6.45, 7) is 3.19. The van der Waals surface area contributed by atoms with Crippen LogP contribution >= 0.6 is 0 Å². The summed E-state index contributed by atoms with van der Waals surface area (Å²) in [7, 11) is 0. The average Bonchev–Trinajstić information content (AvgIpc) is 3.03. The van der Waals surface area contributed by atoms with Crippen molar-refractivity contribution in [3.05, 3.63) is 53.6 Å². The van der Waals surface area contributed by atoms with Crippen LogP contribution in [0.15, 0.2) is 48.1 Å². The van der Waals surface area contributed by atoms with Crippen molar-refractivity contribution in [1.82, 2.24) is 0 Å². The third kappa shape index (κ3) is 6.31. The van der Waals surface area contributed by atoms with Gasteiger partial charge < -0.3 is 4.74 Å². The van der Waals surface area contributed by atoms with Crippen LogP contribution in [-0.2, 0) is 4.74 Å². The topological polar surface area (TPSA) is 9.23 Å². The van der Waals surface area contributed by atoms with E-state index in [4.69, 9.17) is 4.74 Å². The molecule has 0 N–H and O–H groups in total. The van der Waals surface area contributed by atoms with Gasteiger partial charge in [-0.25, -0.2) is 0 Å². The molecule has 0 aliphatic carbocycles. The lowest BCUT2D eigenvalue weighted by Gasteiger charge is -2.08. The Morgan fingerprint density at radius 1 is 1.19 bits per heavy atom. The quantitative estimate of drug-likeness (QED) is 0.434. The molecule has 2 rings (SSSR count). The molecule has 1 unspecified atom stereocenters. The van der Waals surface area contributed by atoms with Gasteiger partial charge in [0.25, 0.3) is 0 Å². The summed E-state index contributed by atoms with van der Waals surface area (Å²) in [5.74, 6) is 0. The van der Waals surface area contributed by atoms with Crippen LogP contribution in [0.4, 0.5) is 0 Å². The first kappa shape index (κ1) is 16.0. The van der Waals surface area contributed by atoms with E-state index < -0.39 is 0 Å². The highest BCUT2D eigenvalue weighted by Crippen LogP contribution is 2.19. The van der Waals surface area contributed by atoms with E-state index in [2.05, 4.69) is 55.5 Å². The van der Waals surface area contributed by atoms with E-state index >= 15 is 0 Å². The van der Waals surface area contributed by atoms with Crippen molar-refractivity contribution in [3.8, 4) is 0 Å². The Morgan fingerprint density at radius 2 is 2.05 bits per heavy atom. The van der Waals surface area contributed by atoms with Gasteiger partial charge >= 0.3 is 0 Å². The average molecular weight is 284 g/mol. The summed E-state index contributed by atoms with van der Waals surface area (Å²) in [6.07, 6.45) is 16.0. The van der Waals surface area contributed by atoms with Gasteiger partial charge in [0.2, 0.25) is 0 Å². The second kappa shape index (κ2) is 9.57. The minimum Gasteiger partial charge on any atom is -0.374 e. The fourth-order valence-corrected chi connectivity index (χ4v) is 2.72. The molecule has 0 spiro atoms. The highest BCUT2D eigenvalue weighted by Gasteiger charge is 2.12. The number of hydrogen-bond acceptors (Lipinski definition) is 1. The zero-order chi connectivity index (χ0) is 14.8. The highest BCUT2D eigenvalue weighted by atomic mass is 16.5. The molecule has 1 aliphatic heterocycles. The van der Waals surface area contributed by atoms with Gasteiger partial charge in [-0.15, -0.1) is 0 Å². The van der Waals surface area contributed by atoms with E-state index in [0.717, 1.165) is 6.61 Å². The Hall–Kier alpha value is -1.34. The van der Waals surface area contributed by atoms with Gasteiger partial charge in [-0.2, -0.15) is 0 Å². The van der Waals surface area contributed by atoms with Gasteiger partial charge in [0.1, 0.15) is 0 Å². The van der Waals surface area contributed by atoms with Crippen molar-refractivity contribution < 1.29 is 4.74 Å². The Labute approximate surface area is 129 Å². The molecule has 114 valence electrons. The Balaban J connectivity index is 1.95. The molecule has 1 nitrogen and oxygen atoms in total. The standard InChI is InChI=1S/C20H28O/c1-2-3-4-6-12-19(17-20-13-9-16-21-20)15-14-18-10-7-5-8-11-18/h5,7-8,10-11,14-15,17,20H,2-4,6,9,12-13,16H2,1H3/b15-14+,19-17-. The first-order valence-corrected chi connectivity index (χ1v) is 8.44. The van der Waals surface area contributed by atoms with Crippen molar-refractivity contribution in [2.24, 2.45) is 0 Å². The predicted octanol–water partition coefficient (Wildman–Crippen LogP) is 5.78. The van der Waals surface area contributed by atoms with Crippen molar-refractivity contribution in [2.75, 3.05) is 6.61 Å². The number of unbranched alkanes of at least 4 members (excludes halogenated alkanes) is 3. The lowest BCUT2D eigenvalue weighted by molar-refractivity contribution is 0.145. The summed E-state index contributed by atoms with van der Waals surface area (Å²) in [5, 5.41) is 0. The first-order valence-electron chi connectivity index (χ1n) is 8.44. The molecule has 0 amide bonds. The van der Waals surface area contributed by atoms with E-state index in [0.29, 0.717) is 6.10 Å². The minimum absolute atomic E-state index is 0.339. The maximum atomic E-state index is 5.75. The number of ether oxygens (including phenoxy) is 1. The molecule has 1 atom stereocenters. The summed E-state index contributed by atoms with van der Waals surface area (Å²) < 4.78 is 5.75. The van der Waals surface area contributed by atoms with Crippen molar-refractivity contribution in [3.63, 3.8) is 0 Å². The molecule has 1 heteroatoms. The van der Waals surface area contributed by atoms with Crippen LogP contribution in [0.3, 0.4) is 0 Å². The molecule has 0 saturated carbocycles. The van der Waals surface area contributed by atoms with E-state index in [-0.39, 0.29) is 0 Å². The summed E-state index contributed by atoms with van der Waals surface area (Å²) >= 11 is 0. The third-order valence-electron chi connectivity index (χ3n) is 3.97. The van der Waals surface area contributed by atoms with Crippen molar-refractivity contribution in [2.45, 2.75) is 58.0 Å². The SMILES string of the molecule is CCCCCCC(=C/C1CCCO1)/C=C/c1ccccc1. The number of allylic oxidation sites excluding steroid dienone is 2. The molecular formula is C20H28O. The monoisotopic (exact) mass is 284 g/mol. The second-order valence-corrected chi connectivity index (χ2v) is 5.85. The first-order chi connectivity index (χ1) is 10.4. The van der Waals surface area contributed by atoms with Gasteiger partial charge in [0, 0.05) is 6.61 Å². The molecule has 1 heterocycles. The number of hydrogen-bond donors (Lipinski definition) is 0. The third-order valence-corrected chi connectivity index (χ3v) is 3.97. The lowest BCUT2D eigenvalue weighted by Crippen LogP contribution is -2.01. The summed E-state index contributed by atoms with van der Waals surface area (Å²) in [4.78, 5) is 0. The van der Waals surface area contributed by atoms with Gasteiger partial charge in [-0.05, 0) is 36.8 Å². The van der Waals surface area contributed by atoms with Crippen LogP contribution in [-0.4, -0.2) is 12.7 Å². The van der Waals surface area contributed by atoms with Crippen LogP contribution in [0.2, 0.25) is 0 Å². The fraction of sp³-hybridized carbons (Fsp3) is 0.500. The molecule has 1 saturated heterocycles. The van der Waals surface area contributed by atoms with E-state index in [1.54, 1.807) is 0 Å². The molecule has 1 aromatic carbocycles. The van der Waals surface area contributed by atoms with Crippen LogP contribution in [0.5, 0.6) is 0 Å². The van der Waals surface area contributed by atoms with Crippen LogP contribution in [0.25, 0.3) is 6.08 Å². The molecule has 0 radical (unpaired) electrons. The van der Waals surface area contributed by atoms with Crippen LogP contribution in [0.1, 0.15) is 57.4 Å². The zero-order valence-electron chi connectivity index (χ0n) is 13.3. The zero-order valence-corrected chi connectivity index (χ0v) is 13.3. The van der Waals surface area contributed by atoms with Gasteiger partial charge in [0.05, 0.1) is 6.10 Å². The highest BCUT2D eigenvalue weighted by molar-refractivity contribution is 5.52. The lowest BCUT2D eigenvalue weighted by atomic mass is 10.0. The fourth-order valence-electron chi connectivity index (χ4n) is 2.72. The molecule has 0 aromatic heterocycles. The molecule has 21 heavy (non-hydrogen) atoms. The molecule has 0 bridgehead atoms. The molecule has 1 aliphatic rings. The van der Waals surface area contributed by atoms with E-state index in [9.17, 15) is 0 Å². The normalized spacial score (nSPS) is 19.5. The Morgan fingerprint density at radius 3 is 2.76 bits per heavy atom. The largest absolute Gasteiger partial charge is 0.374 e. The molecule has 1 fully saturated rings. The smallest absolute Gasteiger partial charge is 0.0762 e. The van der Waals surface area contributed by atoms with E-state index in [1.807, 2.05) is 0 Å². The predicted molar refractivity (Wildman–Crippen MR) is 91.3 cm³/mol. The summed E-state index contributed by atoms with van der Waals surface area (Å²) in [6, 6.07) is 10.5. The number of rotatable bonds is 8. The van der Waals surface area contributed by atoms with Crippen LogP contribution < -0.4 is 0 Å². The van der Waals surface area contributed by atoms with Gasteiger partial charge in [-0.3, -0.25) is 0 Å². The molecular weight excluding hydrogens is 256 g/mol.